The molecule has 4 nitrogen and oxygen atoms in total. The average Bonchev–Trinajstić information content (AvgIpc) is 2.36. The molecule has 0 aliphatic heterocycles. The van der Waals surface area contributed by atoms with Gasteiger partial charge in [-0.3, -0.25) is 9.59 Å². The zero-order valence-corrected chi connectivity index (χ0v) is 11.9. The molecule has 0 aliphatic rings. The second-order valence-electron chi connectivity index (χ2n) is 5.05. The lowest BCUT2D eigenvalue weighted by Gasteiger charge is -2.14. The van der Waals surface area contributed by atoms with E-state index in [-0.39, 0.29) is 24.4 Å². The Labute approximate surface area is 114 Å². The van der Waals surface area contributed by atoms with Gasteiger partial charge in [0.05, 0.1) is 5.92 Å². The molecule has 0 unspecified atom stereocenters. The number of carbonyl (C=O) groups is 2. The van der Waals surface area contributed by atoms with Gasteiger partial charge in [0.25, 0.3) is 5.91 Å². The molecule has 0 radical (unpaired) electrons. The van der Waals surface area contributed by atoms with Crippen molar-refractivity contribution in [1.29, 1.82) is 0 Å². The first-order valence-electron chi connectivity index (χ1n) is 6.47. The third-order valence-electron chi connectivity index (χ3n) is 2.67. The van der Waals surface area contributed by atoms with Gasteiger partial charge in [0.2, 0.25) is 0 Å². The number of nitrogens with one attached hydrogen (secondary N) is 1. The fraction of sp³-hybridized carbons (Fsp3) is 0.467. The second kappa shape index (κ2) is 6.92. The van der Waals surface area contributed by atoms with Gasteiger partial charge in [0.15, 0.2) is 6.61 Å². The van der Waals surface area contributed by atoms with Crippen LogP contribution in [0.3, 0.4) is 0 Å². The third-order valence-corrected chi connectivity index (χ3v) is 2.67. The first kappa shape index (κ1) is 15.2. The van der Waals surface area contributed by atoms with E-state index in [1.165, 1.54) is 0 Å². The van der Waals surface area contributed by atoms with Gasteiger partial charge >= 0.3 is 5.97 Å². The van der Waals surface area contributed by atoms with Crippen LogP contribution >= 0.6 is 0 Å². The maximum absolute atomic E-state index is 11.7. The molecule has 1 aromatic carbocycles. The molecular formula is C15H21NO3. The molecule has 0 aromatic heterocycles. The van der Waals surface area contributed by atoms with Crippen molar-refractivity contribution in [2.24, 2.45) is 5.92 Å². The number of anilines is 1. The summed E-state index contributed by atoms with van der Waals surface area (Å²) in [4.78, 5) is 23.0. The van der Waals surface area contributed by atoms with Gasteiger partial charge in [-0.15, -0.1) is 0 Å². The van der Waals surface area contributed by atoms with Crippen LogP contribution in [0, 0.1) is 5.92 Å². The van der Waals surface area contributed by atoms with E-state index < -0.39 is 0 Å². The predicted octanol–water partition coefficient (Wildman–Crippen LogP) is 2.95. The van der Waals surface area contributed by atoms with Crippen molar-refractivity contribution in [3.8, 4) is 0 Å². The van der Waals surface area contributed by atoms with E-state index in [9.17, 15) is 9.59 Å². The molecule has 1 aromatic rings. The number of hydrogen-bond acceptors (Lipinski definition) is 3. The minimum absolute atomic E-state index is 0.226. The summed E-state index contributed by atoms with van der Waals surface area (Å²) in [5.41, 5.74) is 1.83. The van der Waals surface area contributed by atoms with Gasteiger partial charge in [0.1, 0.15) is 0 Å². The summed E-state index contributed by atoms with van der Waals surface area (Å²) in [6, 6.07) is 7.61. The van der Waals surface area contributed by atoms with Crippen LogP contribution in [0.25, 0.3) is 0 Å². The molecule has 1 N–H and O–H groups in total. The molecule has 1 amide bonds. The number of amides is 1. The van der Waals surface area contributed by atoms with E-state index in [4.69, 9.17) is 4.74 Å². The summed E-state index contributed by atoms with van der Waals surface area (Å²) in [5, 5.41) is 2.77. The van der Waals surface area contributed by atoms with Crippen molar-refractivity contribution >= 4 is 17.6 Å². The van der Waals surface area contributed by atoms with Gasteiger partial charge < -0.3 is 10.1 Å². The number of hydrogen-bond donors (Lipinski definition) is 1. The third kappa shape index (κ3) is 4.73. The van der Waals surface area contributed by atoms with Crippen LogP contribution in [0.5, 0.6) is 0 Å². The molecule has 0 atom stereocenters. The van der Waals surface area contributed by atoms with Crippen molar-refractivity contribution < 1.29 is 14.3 Å². The van der Waals surface area contributed by atoms with E-state index >= 15 is 0 Å². The summed E-state index contributed by atoms with van der Waals surface area (Å²) in [6.07, 6.45) is 0. The molecule has 0 heterocycles. The van der Waals surface area contributed by atoms with Gasteiger partial charge in [-0.25, -0.2) is 0 Å². The Kier molecular flexibility index (Phi) is 5.55. The molecule has 104 valence electrons. The fourth-order valence-corrected chi connectivity index (χ4v) is 1.60. The zero-order valence-electron chi connectivity index (χ0n) is 11.9. The standard InChI is InChI=1S/C15H21NO3/c1-10(2)12-7-5-6-8-13(12)16-14(17)9-19-15(18)11(3)4/h5-8,10-11H,9H2,1-4H3,(H,16,17). The Balaban J connectivity index is 2.60. The minimum atomic E-state index is -0.368. The molecule has 19 heavy (non-hydrogen) atoms. The average molecular weight is 263 g/mol. The molecular weight excluding hydrogens is 242 g/mol. The Bertz CT molecular complexity index is 452. The summed E-state index contributed by atoms with van der Waals surface area (Å²) >= 11 is 0. The van der Waals surface area contributed by atoms with Crippen molar-refractivity contribution in [3.63, 3.8) is 0 Å². The molecule has 4 heteroatoms. The highest BCUT2D eigenvalue weighted by atomic mass is 16.5. The molecule has 0 saturated heterocycles. The number of rotatable bonds is 5. The van der Waals surface area contributed by atoms with Crippen LogP contribution in [0.2, 0.25) is 0 Å². The number of benzene rings is 1. The van der Waals surface area contributed by atoms with Crippen molar-refractivity contribution in [2.45, 2.75) is 33.6 Å². The highest BCUT2D eigenvalue weighted by Gasteiger charge is 2.13. The van der Waals surface area contributed by atoms with Crippen LogP contribution in [0.15, 0.2) is 24.3 Å². The number of carbonyl (C=O) groups excluding carboxylic acids is 2. The van der Waals surface area contributed by atoms with Crippen LogP contribution in [-0.4, -0.2) is 18.5 Å². The summed E-state index contributed by atoms with van der Waals surface area (Å²) in [5.74, 6) is -0.597. The lowest BCUT2D eigenvalue weighted by atomic mass is 10.0. The molecule has 1 rings (SSSR count). The molecule has 0 bridgehead atoms. The van der Waals surface area contributed by atoms with E-state index in [1.807, 2.05) is 24.3 Å². The summed E-state index contributed by atoms with van der Waals surface area (Å²) in [7, 11) is 0. The van der Waals surface area contributed by atoms with Crippen molar-refractivity contribution in [1.82, 2.24) is 0 Å². The number of esters is 1. The van der Waals surface area contributed by atoms with Gasteiger partial charge in [0, 0.05) is 5.69 Å². The van der Waals surface area contributed by atoms with E-state index in [2.05, 4.69) is 19.2 Å². The quantitative estimate of drug-likeness (QED) is 0.831. The zero-order chi connectivity index (χ0) is 14.4. The van der Waals surface area contributed by atoms with Crippen molar-refractivity contribution in [2.75, 3.05) is 11.9 Å². The predicted molar refractivity (Wildman–Crippen MR) is 75.0 cm³/mol. The smallest absolute Gasteiger partial charge is 0.308 e. The lowest BCUT2D eigenvalue weighted by Crippen LogP contribution is -2.23. The topological polar surface area (TPSA) is 55.4 Å². The molecule has 0 saturated carbocycles. The second-order valence-corrected chi connectivity index (χ2v) is 5.05. The first-order chi connectivity index (χ1) is 8.91. The van der Waals surface area contributed by atoms with E-state index in [0.717, 1.165) is 11.3 Å². The van der Waals surface area contributed by atoms with Crippen LogP contribution in [0.4, 0.5) is 5.69 Å². The fourth-order valence-electron chi connectivity index (χ4n) is 1.60. The van der Waals surface area contributed by atoms with Gasteiger partial charge in [-0.05, 0) is 17.5 Å². The highest BCUT2D eigenvalue weighted by Crippen LogP contribution is 2.23. The van der Waals surface area contributed by atoms with Crippen LogP contribution in [-0.2, 0) is 14.3 Å². The maximum atomic E-state index is 11.7. The lowest BCUT2D eigenvalue weighted by molar-refractivity contribution is -0.150. The normalized spacial score (nSPS) is 10.6. The van der Waals surface area contributed by atoms with E-state index in [0.29, 0.717) is 5.92 Å². The molecule has 0 spiro atoms. The molecule has 0 fully saturated rings. The maximum Gasteiger partial charge on any atom is 0.308 e. The SMILES string of the molecule is CC(C)C(=O)OCC(=O)Nc1ccccc1C(C)C. The van der Waals surface area contributed by atoms with Crippen LogP contribution < -0.4 is 5.32 Å². The Morgan fingerprint density at radius 1 is 1.16 bits per heavy atom. The van der Waals surface area contributed by atoms with Gasteiger partial charge in [-0.2, -0.15) is 0 Å². The highest BCUT2D eigenvalue weighted by molar-refractivity contribution is 5.93. The first-order valence-corrected chi connectivity index (χ1v) is 6.47. The van der Waals surface area contributed by atoms with E-state index in [1.54, 1.807) is 13.8 Å². The Hall–Kier alpha value is -1.84. The molecule has 0 aliphatic carbocycles. The van der Waals surface area contributed by atoms with Crippen molar-refractivity contribution in [3.05, 3.63) is 29.8 Å². The Morgan fingerprint density at radius 2 is 1.79 bits per heavy atom. The van der Waals surface area contributed by atoms with Gasteiger partial charge in [-0.1, -0.05) is 45.9 Å². The number of ether oxygens (including phenoxy) is 1. The number of para-hydroxylation sites is 1. The summed E-state index contributed by atoms with van der Waals surface area (Å²) in [6.45, 7) is 7.33. The Morgan fingerprint density at radius 3 is 2.37 bits per heavy atom. The summed E-state index contributed by atoms with van der Waals surface area (Å²) < 4.78 is 4.89. The van der Waals surface area contributed by atoms with Crippen LogP contribution in [0.1, 0.15) is 39.2 Å². The monoisotopic (exact) mass is 263 g/mol. The largest absolute Gasteiger partial charge is 0.455 e. The minimum Gasteiger partial charge on any atom is -0.455 e.